The summed E-state index contributed by atoms with van der Waals surface area (Å²) in [5, 5.41) is 3.06. The van der Waals surface area contributed by atoms with Gasteiger partial charge in [-0.1, -0.05) is 0 Å². The third-order valence-corrected chi connectivity index (χ3v) is 4.74. The molecule has 124 valence electrons. The molecule has 0 radical (unpaired) electrons. The number of methoxy groups -OCH3 is 2. The van der Waals surface area contributed by atoms with Crippen LogP contribution in [0.25, 0.3) is 0 Å². The minimum absolute atomic E-state index is 0.0101. The number of carbonyl (C=O) groups is 1. The van der Waals surface area contributed by atoms with Crippen molar-refractivity contribution in [3.8, 4) is 11.5 Å². The molecule has 23 heavy (non-hydrogen) atoms. The van der Waals surface area contributed by atoms with Crippen LogP contribution in [0.3, 0.4) is 0 Å². The first-order valence-electron chi connectivity index (χ1n) is 7.51. The topological polar surface area (TPSA) is 47.6 Å². The third kappa shape index (κ3) is 4.26. The summed E-state index contributed by atoms with van der Waals surface area (Å²) in [4.78, 5) is 14.9. The molecule has 1 aromatic carbocycles. The molecule has 2 rings (SSSR count). The number of aryl methyl sites for hydroxylation is 2. The zero-order valence-corrected chi connectivity index (χ0v) is 15.0. The highest BCUT2D eigenvalue weighted by Gasteiger charge is 2.16. The molecule has 1 aromatic heterocycles. The minimum Gasteiger partial charge on any atom is -0.497 e. The van der Waals surface area contributed by atoms with Gasteiger partial charge < -0.3 is 14.8 Å². The minimum atomic E-state index is -0.0349. The summed E-state index contributed by atoms with van der Waals surface area (Å²) >= 11 is 1.75. The molecule has 1 heterocycles. The fraction of sp³-hybridized carbons (Fsp3) is 0.389. The Labute approximate surface area is 141 Å². The second-order valence-electron chi connectivity index (χ2n) is 5.51. The highest BCUT2D eigenvalue weighted by atomic mass is 32.1. The molecule has 0 spiro atoms. The Morgan fingerprint density at radius 3 is 2.52 bits per heavy atom. The SMILES string of the molecule is COc1ccc(OC)c(CC(=O)NC(C)c2cc(C)sc2C)c1. The van der Waals surface area contributed by atoms with Crippen LogP contribution in [0.4, 0.5) is 0 Å². The first kappa shape index (κ1) is 17.3. The van der Waals surface area contributed by atoms with E-state index in [-0.39, 0.29) is 18.4 Å². The first-order chi connectivity index (χ1) is 10.9. The standard InChI is InChI=1S/C18H23NO3S/c1-11-8-16(13(3)23-11)12(2)19-18(20)10-14-9-15(21-4)6-7-17(14)22-5/h6-9,12H,10H2,1-5H3,(H,19,20). The van der Waals surface area contributed by atoms with E-state index in [4.69, 9.17) is 9.47 Å². The van der Waals surface area contributed by atoms with Crippen molar-refractivity contribution in [2.45, 2.75) is 33.2 Å². The van der Waals surface area contributed by atoms with E-state index in [1.807, 2.05) is 25.1 Å². The molecule has 0 fully saturated rings. The number of amides is 1. The van der Waals surface area contributed by atoms with E-state index in [2.05, 4.69) is 25.2 Å². The van der Waals surface area contributed by atoms with Crippen LogP contribution in [0.5, 0.6) is 11.5 Å². The average Bonchev–Trinajstić information content (AvgIpc) is 2.85. The smallest absolute Gasteiger partial charge is 0.225 e. The Hall–Kier alpha value is -2.01. The number of hydrogen-bond acceptors (Lipinski definition) is 4. The molecule has 4 nitrogen and oxygen atoms in total. The lowest BCUT2D eigenvalue weighted by molar-refractivity contribution is -0.121. The van der Waals surface area contributed by atoms with Crippen LogP contribution >= 0.6 is 11.3 Å². The lowest BCUT2D eigenvalue weighted by Gasteiger charge is -2.15. The van der Waals surface area contributed by atoms with Crippen molar-refractivity contribution in [2.75, 3.05) is 14.2 Å². The summed E-state index contributed by atoms with van der Waals surface area (Å²) < 4.78 is 10.5. The molecule has 0 saturated heterocycles. The Balaban J connectivity index is 2.09. The molecule has 0 aliphatic heterocycles. The van der Waals surface area contributed by atoms with Crippen LogP contribution in [0.15, 0.2) is 24.3 Å². The number of ether oxygens (including phenoxy) is 2. The predicted octanol–water partition coefficient (Wildman–Crippen LogP) is 3.80. The van der Waals surface area contributed by atoms with Crippen molar-refractivity contribution in [1.82, 2.24) is 5.32 Å². The van der Waals surface area contributed by atoms with Gasteiger partial charge in [0.1, 0.15) is 11.5 Å². The third-order valence-electron chi connectivity index (χ3n) is 3.76. The molecule has 0 bridgehead atoms. The van der Waals surface area contributed by atoms with Crippen molar-refractivity contribution in [3.05, 3.63) is 45.1 Å². The average molecular weight is 333 g/mol. The van der Waals surface area contributed by atoms with Gasteiger partial charge in [0.25, 0.3) is 0 Å². The summed E-state index contributed by atoms with van der Waals surface area (Å²) in [5.74, 6) is 1.37. The van der Waals surface area contributed by atoms with Gasteiger partial charge in [0, 0.05) is 15.3 Å². The Kier molecular flexibility index (Phi) is 5.66. The van der Waals surface area contributed by atoms with Gasteiger partial charge in [-0.25, -0.2) is 0 Å². The molecule has 0 aliphatic carbocycles. The molecular weight excluding hydrogens is 310 g/mol. The summed E-state index contributed by atoms with van der Waals surface area (Å²) in [6, 6.07) is 7.60. The molecule has 1 N–H and O–H groups in total. The predicted molar refractivity (Wildman–Crippen MR) is 93.6 cm³/mol. The van der Waals surface area contributed by atoms with Crippen molar-refractivity contribution in [2.24, 2.45) is 0 Å². The quantitative estimate of drug-likeness (QED) is 0.874. The summed E-state index contributed by atoms with van der Waals surface area (Å²) in [7, 11) is 3.21. The molecule has 0 saturated carbocycles. The van der Waals surface area contributed by atoms with Gasteiger partial charge in [-0.3, -0.25) is 4.79 Å². The van der Waals surface area contributed by atoms with Crippen LogP contribution in [-0.4, -0.2) is 20.1 Å². The molecule has 1 unspecified atom stereocenters. The van der Waals surface area contributed by atoms with Crippen LogP contribution in [0, 0.1) is 13.8 Å². The van der Waals surface area contributed by atoms with E-state index in [0.29, 0.717) is 11.5 Å². The normalized spacial score (nSPS) is 11.9. The van der Waals surface area contributed by atoms with Crippen LogP contribution < -0.4 is 14.8 Å². The Morgan fingerprint density at radius 1 is 1.22 bits per heavy atom. The van der Waals surface area contributed by atoms with Crippen LogP contribution in [0.1, 0.15) is 33.8 Å². The number of hydrogen-bond donors (Lipinski definition) is 1. The lowest BCUT2D eigenvalue weighted by atomic mass is 10.1. The van der Waals surface area contributed by atoms with Crippen molar-refractivity contribution in [3.63, 3.8) is 0 Å². The molecule has 0 aliphatic rings. The lowest BCUT2D eigenvalue weighted by Crippen LogP contribution is -2.28. The molecule has 1 atom stereocenters. The zero-order valence-electron chi connectivity index (χ0n) is 14.2. The van der Waals surface area contributed by atoms with E-state index < -0.39 is 0 Å². The van der Waals surface area contributed by atoms with E-state index >= 15 is 0 Å². The maximum Gasteiger partial charge on any atom is 0.225 e. The fourth-order valence-electron chi connectivity index (χ4n) is 2.64. The second-order valence-corrected chi connectivity index (χ2v) is 6.97. The van der Waals surface area contributed by atoms with E-state index in [1.165, 1.54) is 15.3 Å². The van der Waals surface area contributed by atoms with Crippen molar-refractivity contribution < 1.29 is 14.3 Å². The summed E-state index contributed by atoms with van der Waals surface area (Å²) in [5.41, 5.74) is 1.99. The van der Waals surface area contributed by atoms with Gasteiger partial charge in [-0.2, -0.15) is 0 Å². The molecular formula is C18H23NO3S. The zero-order chi connectivity index (χ0) is 17.0. The van der Waals surface area contributed by atoms with Gasteiger partial charge in [0.15, 0.2) is 0 Å². The Morgan fingerprint density at radius 2 is 1.96 bits per heavy atom. The van der Waals surface area contributed by atoms with Crippen molar-refractivity contribution in [1.29, 1.82) is 0 Å². The van der Waals surface area contributed by atoms with E-state index in [9.17, 15) is 4.79 Å². The molecule has 5 heteroatoms. The van der Waals surface area contributed by atoms with Crippen LogP contribution in [-0.2, 0) is 11.2 Å². The first-order valence-corrected chi connectivity index (χ1v) is 8.33. The van der Waals surface area contributed by atoms with Gasteiger partial charge in [0.2, 0.25) is 5.91 Å². The van der Waals surface area contributed by atoms with E-state index in [1.54, 1.807) is 25.6 Å². The fourth-order valence-corrected chi connectivity index (χ4v) is 3.67. The molecule has 1 amide bonds. The van der Waals surface area contributed by atoms with Crippen molar-refractivity contribution >= 4 is 17.2 Å². The summed E-state index contributed by atoms with van der Waals surface area (Å²) in [6.07, 6.45) is 0.257. The monoisotopic (exact) mass is 333 g/mol. The maximum absolute atomic E-state index is 12.4. The largest absolute Gasteiger partial charge is 0.497 e. The Bertz CT molecular complexity index is 694. The molecule has 2 aromatic rings. The number of thiophene rings is 1. The number of benzene rings is 1. The number of nitrogens with one attached hydrogen (secondary N) is 1. The van der Waals surface area contributed by atoms with Gasteiger partial charge in [0.05, 0.1) is 26.7 Å². The highest BCUT2D eigenvalue weighted by Crippen LogP contribution is 2.27. The van der Waals surface area contributed by atoms with Gasteiger partial charge in [-0.05, 0) is 50.6 Å². The van der Waals surface area contributed by atoms with Gasteiger partial charge in [-0.15, -0.1) is 11.3 Å². The van der Waals surface area contributed by atoms with Crippen LogP contribution in [0.2, 0.25) is 0 Å². The maximum atomic E-state index is 12.4. The van der Waals surface area contributed by atoms with E-state index in [0.717, 1.165) is 5.56 Å². The second kappa shape index (κ2) is 7.51. The number of carbonyl (C=O) groups excluding carboxylic acids is 1. The number of rotatable bonds is 6. The van der Waals surface area contributed by atoms with Gasteiger partial charge >= 0.3 is 0 Å². The summed E-state index contributed by atoms with van der Waals surface area (Å²) in [6.45, 7) is 6.17. The highest BCUT2D eigenvalue weighted by molar-refractivity contribution is 7.12.